The summed E-state index contributed by atoms with van der Waals surface area (Å²) in [5, 5.41) is 0. The fourth-order valence-corrected chi connectivity index (χ4v) is 1.52. The van der Waals surface area contributed by atoms with Gasteiger partial charge in [-0.3, -0.25) is 0 Å². The van der Waals surface area contributed by atoms with Crippen molar-refractivity contribution < 1.29 is 13.5 Å². The van der Waals surface area contributed by atoms with Gasteiger partial charge in [0.05, 0.1) is 13.0 Å². The van der Waals surface area contributed by atoms with Gasteiger partial charge in [0.2, 0.25) is 6.43 Å². The Hall–Kier alpha value is -1.46. The first-order valence-electron chi connectivity index (χ1n) is 4.60. The number of ether oxygens (including phenoxy) is 1. The second-order valence-electron chi connectivity index (χ2n) is 3.39. The number of rotatable bonds is 3. The van der Waals surface area contributed by atoms with E-state index in [1.165, 1.54) is 19.5 Å². The van der Waals surface area contributed by atoms with E-state index in [0.29, 0.717) is 24.8 Å². The fourth-order valence-electron chi connectivity index (χ4n) is 1.52. The van der Waals surface area contributed by atoms with E-state index in [1.54, 1.807) is 4.90 Å². The molecule has 0 unspecified atom stereocenters. The summed E-state index contributed by atoms with van der Waals surface area (Å²) in [4.78, 5) is 9.75. The highest BCUT2D eigenvalue weighted by atomic mass is 19.3. The Bertz CT molecular complexity index is 342. The number of aromatic nitrogens is 2. The Kier molecular flexibility index (Phi) is 2.66. The summed E-state index contributed by atoms with van der Waals surface area (Å²) in [7, 11) is 1.48. The van der Waals surface area contributed by atoms with Gasteiger partial charge >= 0.3 is 0 Å². The number of alkyl halides is 2. The van der Waals surface area contributed by atoms with Gasteiger partial charge in [0.15, 0.2) is 5.82 Å². The average Bonchev–Trinajstić information content (AvgIpc) is 2.15. The predicted molar refractivity (Wildman–Crippen MR) is 50.3 cm³/mol. The molecule has 1 saturated heterocycles. The molecule has 1 fully saturated rings. The summed E-state index contributed by atoms with van der Waals surface area (Å²) in [5.74, 6) is 0.360. The second kappa shape index (κ2) is 3.96. The molecular formula is C9H11F2N3O. The number of hydrogen-bond acceptors (Lipinski definition) is 4. The molecule has 4 nitrogen and oxygen atoms in total. The molecule has 1 aromatic rings. The van der Waals surface area contributed by atoms with Gasteiger partial charge in [0.25, 0.3) is 5.88 Å². The van der Waals surface area contributed by atoms with Gasteiger partial charge in [-0.05, 0) is 0 Å². The Morgan fingerprint density at radius 3 is 2.67 bits per heavy atom. The third-order valence-corrected chi connectivity index (χ3v) is 2.41. The monoisotopic (exact) mass is 215 g/mol. The SMILES string of the molecule is COc1nccnc1N1CC(C(F)F)C1. The molecule has 2 heterocycles. The van der Waals surface area contributed by atoms with Gasteiger partial charge in [0.1, 0.15) is 0 Å². The highest BCUT2D eigenvalue weighted by Gasteiger charge is 2.36. The maximum atomic E-state index is 12.3. The smallest absolute Gasteiger partial charge is 0.257 e. The molecule has 15 heavy (non-hydrogen) atoms. The van der Waals surface area contributed by atoms with E-state index >= 15 is 0 Å². The summed E-state index contributed by atoms with van der Waals surface area (Å²) >= 11 is 0. The van der Waals surface area contributed by atoms with Gasteiger partial charge in [-0.1, -0.05) is 0 Å². The summed E-state index contributed by atoms with van der Waals surface area (Å²) in [6.45, 7) is 0.624. The van der Waals surface area contributed by atoms with E-state index in [0.717, 1.165) is 0 Å². The molecule has 6 heteroatoms. The number of nitrogens with zero attached hydrogens (tertiary/aromatic N) is 3. The van der Waals surface area contributed by atoms with Crippen molar-refractivity contribution in [3.05, 3.63) is 12.4 Å². The molecule has 0 radical (unpaired) electrons. The zero-order valence-electron chi connectivity index (χ0n) is 8.23. The van der Waals surface area contributed by atoms with Gasteiger partial charge in [-0.2, -0.15) is 0 Å². The van der Waals surface area contributed by atoms with Crippen molar-refractivity contribution >= 4 is 5.82 Å². The molecule has 0 N–H and O–H groups in total. The van der Waals surface area contributed by atoms with Crippen molar-refractivity contribution in [1.82, 2.24) is 9.97 Å². The molecule has 2 rings (SSSR count). The van der Waals surface area contributed by atoms with Crippen LogP contribution in [0, 0.1) is 5.92 Å². The summed E-state index contributed by atoms with van der Waals surface area (Å²) in [6, 6.07) is 0. The van der Waals surface area contributed by atoms with Crippen LogP contribution in [0.25, 0.3) is 0 Å². The molecule has 0 spiro atoms. The lowest BCUT2D eigenvalue weighted by atomic mass is 10.0. The Morgan fingerprint density at radius 1 is 1.40 bits per heavy atom. The molecule has 1 aromatic heterocycles. The van der Waals surface area contributed by atoms with Crippen molar-refractivity contribution in [2.45, 2.75) is 6.43 Å². The standard InChI is InChI=1S/C9H11F2N3O/c1-15-9-8(12-2-3-13-9)14-4-6(5-14)7(10)11/h2-3,6-7H,4-5H2,1H3. The molecule has 0 aromatic carbocycles. The summed E-state index contributed by atoms with van der Waals surface area (Å²) in [5.41, 5.74) is 0. The predicted octanol–water partition coefficient (Wildman–Crippen LogP) is 1.19. The van der Waals surface area contributed by atoms with Gasteiger partial charge in [-0.25, -0.2) is 18.7 Å². The zero-order chi connectivity index (χ0) is 10.8. The maximum absolute atomic E-state index is 12.3. The van der Waals surface area contributed by atoms with Crippen molar-refractivity contribution in [3.8, 4) is 5.88 Å². The van der Waals surface area contributed by atoms with E-state index in [4.69, 9.17) is 4.74 Å². The molecule has 0 bridgehead atoms. The minimum atomic E-state index is -2.26. The minimum absolute atomic E-state index is 0.312. The van der Waals surface area contributed by atoms with Crippen LogP contribution in [-0.4, -0.2) is 36.6 Å². The van der Waals surface area contributed by atoms with E-state index in [9.17, 15) is 8.78 Å². The molecule has 0 amide bonds. The van der Waals surface area contributed by atoms with Crippen LogP contribution in [0.3, 0.4) is 0 Å². The molecule has 0 aliphatic carbocycles. The summed E-state index contributed by atoms with van der Waals surface area (Å²) < 4.78 is 29.5. The van der Waals surface area contributed by atoms with Gasteiger partial charge in [-0.15, -0.1) is 0 Å². The summed E-state index contributed by atoms with van der Waals surface area (Å²) in [6.07, 6.45) is 0.768. The molecule has 0 atom stereocenters. The van der Waals surface area contributed by atoms with Crippen LogP contribution in [0.2, 0.25) is 0 Å². The lowest BCUT2D eigenvalue weighted by Gasteiger charge is -2.39. The third kappa shape index (κ3) is 1.84. The molecule has 1 aliphatic rings. The van der Waals surface area contributed by atoms with E-state index in [1.807, 2.05) is 0 Å². The third-order valence-electron chi connectivity index (χ3n) is 2.41. The molecule has 82 valence electrons. The first-order valence-corrected chi connectivity index (χ1v) is 4.60. The Morgan fingerprint density at radius 2 is 2.07 bits per heavy atom. The normalized spacial score (nSPS) is 16.7. The van der Waals surface area contributed by atoms with Crippen LogP contribution in [0.5, 0.6) is 5.88 Å². The highest BCUT2D eigenvalue weighted by Crippen LogP contribution is 2.31. The lowest BCUT2D eigenvalue weighted by Crippen LogP contribution is -2.50. The highest BCUT2D eigenvalue weighted by molar-refractivity contribution is 5.50. The Balaban J connectivity index is 2.06. The minimum Gasteiger partial charge on any atom is -0.478 e. The second-order valence-corrected chi connectivity index (χ2v) is 3.39. The van der Waals surface area contributed by atoms with Crippen LogP contribution >= 0.6 is 0 Å². The number of anilines is 1. The Labute approximate surface area is 85.9 Å². The van der Waals surface area contributed by atoms with E-state index < -0.39 is 12.3 Å². The first-order chi connectivity index (χ1) is 7.22. The largest absolute Gasteiger partial charge is 0.478 e. The first kappa shape index (κ1) is 10.1. The van der Waals surface area contributed by atoms with Crippen molar-refractivity contribution in [2.24, 2.45) is 5.92 Å². The van der Waals surface area contributed by atoms with Crippen molar-refractivity contribution in [3.63, 3.8) is 0 Å². The molecule has 1 aliphatic heterocycles. The van der Waals surface area contributed by atoms with Crippen LogP contribution in [0.1, 0.15) is 0 Å². The quantitative estimate of drug-likeness (QED) is 0.759. The fraction of sp³-hybridized carbons (Fsp3) is 0.556. The van der Waals surface area contributed by atoms with Crippen LogP contribution in [-0.2, 0) is 0 Å². The average molecular weight is 215 g/mol. The van der Waals surface area contributed by atoms with Crippen LogP contribution in [0.15, 0.2) is 12.4 Å². The number of halogens is 2. The molecule has 0 saturated carbocycles. The van der Waals surface area contributed by atoms with Crippen LogP contribution in [0.4, 0.5) is 14.6 Å². The van der Waals surface area contributed by atoms with E-state index in [2.05, 4.69) is 9.97 Å². The van der Waals surface area contributed by atoms with Gasteiger partial charge < -0.3 is 9.64 Å². The molecular weight excluding hydrogens is 204 g/mol. The number of methoxy groups -OCH3 is 1. The lowest BCUT2D eigenvalue weighted by molar-refractivity contribution is 0.0609. The topological polar surface area (TPSA) is 38.3 Å². The van der Waals surface area contributed by atoms with E-state index in [-0.39, 0.29) is 0 Å². The maximum Gasteiger partial charge on any atom is 0.257 e. The van der Waals surface area contributed by atoms with Gasteiger partial charge in [0, 0.05) is 25.5 Å². The number of hydrogen-bond donors (Lipinski definition) is 0. The van der Waals surface area contributed by atoms with Crippen molar-refractivity contribution in [2.75, 3.05) is 25.1 Å². The zero-order valence-corrected chi connectivity index (χ0v) is 8.23. The van der Waals surface area contributed by atoms with Crippen LogP contribution < -0.4 is 9.64 Å². The van der Waals surface area contributed by atoms with Crippen molar-refractivity contribution in [1.29, 1.82) is 0 Å².